The van der Waals surface area contributed by atoms with Crippen LogP contribution in [0.3, 0.4) is 0 Å². The quantitative estimate of drug-likeness (QED) is 0.617. The molecule has 1 rings (SSSR count). The predicted octanol–water partition coefficient (Wildman–Crippen LogP) is 0.309. The third-order valence-corrected chi connectivity index (χ3v) is 1.68. The van der Waals surface area contributed by atoms with Gasteiger partial charge in [0.2, 0.25) is 0 Å². The lowest BCUT2D eigenvalue weighted by Gasteiger charge is -2.04. The number of hydrogen-bond acceptors (Lipinski definition) is 3. The largest absolute Gasteiger partial charge is 0.380 e. The predicted molar refractivity (Wildman–Crippen MR) is 50.4 cm³/mol. The first-order valence-electron chi connectivity index (χ1n) is 4.59. The summed E-state index contributed by atoms with van der Waals surface area (Å²) in [5.41, 5.74) is 0. The van der Waals surface area contributed by atoms with E-state index in [0.29, 0.717) is 0 Å². The summed E-state index contributed by atoms with van der Waals surface area (Å²) in [5.74, 6) is 0. The molecule has 1 aromatic rings. The molecule has 0 aliphatic rings. The fourth-order valence-corrected chi connectivity index (χ4v) is 0.992. The molecule has 1 heterocycles. The molecule has 0 bridgehead atoms. The van der Waals surface area contributed by atoms with Gasteiger partial charge in [-0.2, -0.15) is 0 Å². The van der Waals surface area contributed by atoms with Gasteiger partial charge in [-0.1, -0.05) is 0 Å². The SMILES string of the molecule is CCOCCNCCn1c[c]nc1. The lowest BCUT2D eigenvalue weighted by atomic mass is 10.5. The van der Waals surface area contributed by atoms with E-state index in [-0.39, 0.29) is 0 Å². The van der Waals surface area contributed by atoms with E-state index >= 15 is 0 Å². The minimum Gasteiger partial charge on any atom is -0.380 e. The molecule has 0 aromatic carbocycles. The normalized spacial score (nSPS) is 10.5. The number of rotatable bonds is 7. The van der Waals surface area contributed by atoms with Crippen LogP contribution in [-0.4, -0.2) is 35.9 Å². The van der Waals surface area contributed by atoms with Gasteiger partial charge in [0.25, 0.3) is 0 Å². The second kappa shape index (κ2) is 6.62. The summed E-state index contributed by atoms with van der Waals surface area (Å²) in [6, 6.07) is 0. The van der Waals surface area contributed by atoms with E-state index in [1.807, 2.05) is 17.7 Å². The summed E-state index contributed by atoms with van der Waals surface area (Å²) >= 11 is 0. The maximum Gasteiger partial charge on any atom is 0.108 e. The zero-order valence-corrected chi connectivity index (χ0v) is 7.99. The molecule has 73 valence electrons. The lowest BCUT2D eigenvalue weighted by Crippen LogP contribution is -2.23. The first-order chi connectivity index (χ1) is 6.43. The summed E-state index contributed by atoms with van der Waals surface area (Å²) in [6.07, 6.45) is 6.36. The van der Waals surface area contributed by atoms with E-state index in [0.717, 1.165) is 32.8 Å². The van der Waals surface area contributed by atoms with Gasteiger partial charge in [0.15, 0.2) is 0 Å². The summed E-state index contributed by atoms with van der Waals surface area (Å²) in [5, 5.41) is 3.27. The lowest BCUT2D eigenvalue weighted by molar-refractivity contribution is 0.149. The Morgan fingerprint density at radius 1 is 1.54 bits per heavy atom. The molecule has 0 atom stereocenters. The van der Waals surface area contributed by atoms with Crippen LogP contribution in [-0.2, 0) is 11.3 Å². The number of imidazole rings is 1. The molecule has 1 N–H and O–H groups in total. The molecule has 0 fully saturated rings. The summed E-state index contributed by atoms with van der Waals surface area (Å²) < 4.78 is 7.18. The fraction of sp³-hybridized carbons (Fsp3) is 0.667. The molecule has 0 unspecified atom stereocenters. The van der Waals surface area contributed by atoms with Crippen molar-refractivity contribution in [1.29, 1.82) is 0 Å². The number of nitrogens with one attached hydrogen (secondary N) is 1. The highest BCUT2D eigenvalue weighted by atomic mass is 16.5. The molecule has 0 saturated heterocycles. The summed E-state index contributed by atoms with van der Waals surface area (Å²) in [6.45, 7) is 6.36. The first-order valence-corrected chi connectivity index (χ1v) is 4.59. The third-order valence-electron chi connectivity index (χ3n) is 1.68. The van der Waals surface area contributed by atoms with Crippen molar-refractivity contribution in [3.8, 4) is 0 Å². The zero-order valence-electron chi connectivity index (χ0n) is 7.99. The van der Waals surface area contributed by atoms with E-state index in [2.05, 4.69) is 16.5 Å². The Labute approximate surface area is 78.9 Å². The molecule has 0 amide bonds. The van der Waals surface area contributed by atoms with Gasteiger partial charge in [-0.05, 0) is 6.92 Å². The second-order valence-electron chi connectivity index (χ2n) is 2.69. The first kappa shape index (κ1) is 10.2. The van der Waals surface area contributed by atoms with E-state index < -0.39 is 0 Å². The van der Waals surface area contributed by atoms with Gasteiger partial charge < -0.3 is 14.6 Å². The Bertz CT molecular complexity index is 199. The molecular formula is C9H16N3O. The highest BCUT2D eigenvalue weighted by Crippen LogP contribution is 1.82. The number of hydrogen-bond donors (Lipinski definition) is 1. The maximum atomic E-state index is 5.18. The molecule has 0 saturated carbocycles. The minimum atomic E-state index is 0.784. The number of ether oxygens (including phenoxy) is 1. The number of aromatic nitrogens is 2. The van der Waals surface area contributed by atoms with Gasteiger partial charge in [0, 0.05) is 32.4 Å². The van der Waals surface area contributed by atoms with Crippen LogP contribution in [0.15, 0.2) is 12.5 Å². The molecule has 4 nitrogen and oxygen atoms in total. The summed E-state index contributed by atoms with van der Waals surface area (Å²) in [7, 11) is 0. The van der Waals surface area contributed by atoms with Crippen molar-refractivity contribution in [2.75, 3.05) is 26.3 Å². The van der Waals surface area contributed by atoms with E-state index in [1.54, 1.807) is 6.33 Å². The van der Waals surface area contributed by atoms with Crippen LogP contribution >= 0.6 is 0 Å². The van der Waals surface area contributed by atoms with Crippen molar-refractivity contribution >= 4 is 0 Å². The Morgan fingerprint density at radius 3 is 3.15 bits per heavy atom. The van der Waals surface area contributed by atoms with Crippen molar-refractivity contribution in [2.24, 2.45) is 0 Å². The third kappa shape index (κ3) is 4.65. The molecule has 0 aliphatic heterocycles. The highest BCUT2D eigenvalue weighted by molar-refractivity contribution is 4.71. The molecule has 4 heteroatoms. The fourth-order valence-electron chi connectivity index (χ4n) is 0.992. The molecule has 1 radical (unpaired) electrons. The van der Waals surface area contributed by atoms with Crippen LogP contribution in [0.5, 0.6) is 0 Å². The highest BCUT2D eigenvalue weighted by Gasteiger charge is 1.89. The Morgan fingerprint density at radius 2 is 2.46 bits per heavy atom. The van der Waals surface area contributed by atoms with Gasteiger partial charge in [0.05, 0.1) is 12.9 Å². The average Bonchev–Trinajstić information content (AvgIpc) is 2.63. The Balaban J connectivity index is 1.90. The van der Waals surface area contributed by atoms with Gasteiger partial charge in [-0.3, -0.25) is 0 Å². The minimum absolute atomic E-state index is 0.784. The molecule has 0 spiro atoms. The number of nitrogens with zero attached hydrogens (tertiary/aromatic N) is 2. The van der Waals surface area contributed by atoms with Crippen LogP contribution in [0.25, 0.3) is 0 Å². The monoisotopic (exact) mass is 182 g/mol. The maximum absolute atomic E-state index is 5.18. The zero-order chi connectivity index (χ0) is 9.36. The van der Waals surface area contributed by atoms with E-state index in [4.69, 9.17) is 4.74 Å². The Hall–Kier alpha value is -0.870. The van der Waals surface area contributed by atoms with Crippen LogP contribution in [0.2, 0.25) is 0 Å². The average molecular weight is 182 g/mol. The standard InChI is InChI=1S/C9H16N3O/c1-2-13-8-5-10-3-6-12-7-4-11-9-12/h7,9-10H,2-3,5-6,8H2,1H3. The molecule has 0 aliphatic carbocycles. The molecule has 1 aromatic heterocycles. The smallest absolute Gasteiger partial charge is 0.108 e. The van der Waals surface area contributed by atoms with Crippen molar-refractivity contribution in [1.82, 2.24) is 14.9 Å². The van der Waals surface area contributed by atoms with Gasteiger partial charge in [-0.15, -0.1) is 0 Å². The van der Waals surface area contributed by atoms with Gasteiger partial charge >= 0.3 is 0 Å². The molecule has 13 heavy (non-hydrogen) atoms. The van der Waals surface area contributed by atoms with Gasteiger partial charge in [0.1, 0.15) is 6.20 Å². The van der Waals surface area contributed by atoms with Crippen LogP contribution in [0, 0.1) is 6.20 Å². The van der Waals surface area contributed by atoms with Crippen molar-refractivity contribution < 1.29 is 4.74 Å². The van der Waals surface area contributed by atoms with Crippen LogP contribution in [0.4, 0.5) is 0 Å². The van der Waals surface area contributed by atoms with E-state index in [9.17, 15) is 0 Å². The van der Waals surface area contributed by atoms with E-state index in [1.165, 1.54) is 0 Å². The van der Waals surface area contributed by atoms with Crippen LogP contribution in [0.1, 0.15) is 6.92 Å². The second-order valence-corrected chi connectivity index (χ2v) is 2.69. The van der Waals surface area contributed by atoms with Crippen LogP contribution < -0.4 is 5.32 Å². The van der Waals surface area contributed by atoms with Gasteiger partial charge in [-0.25, -0.2) is 4.98 Å². The topological polar surface area (TPSA) is 39.1 Å². The van der Waals surface area contributed by atoms with Crippen molar-refractivity contribution in [3.05, 3.63) is 18.7 Å². The summed E-state index contributed by atoms with van der Waals surface area (Å²) in [4.78, 5) is 3.84. The van der Waals surface area contributed by atoms with Crippen molar-refractivity contribution in [2.45, 2.75) is 13.5 Å². The van der Waals surface area contributed by atoms with Crippen molar-refractivity contribution in [3.63, 3.8) is 0 Å². The Kier molecular flexibility index (Phi) is 5.20. The molecular weight excluding hydrogens is 166 g/mol.